The molecule has 0 heterocycles. The van der Waals surface area contributed by atoms with Crippen LogP contribution in [0.4, 0.5) is 0 Å². The number of ether oxygens (including phenoxy) is 2. The van der Waals surface area contributed by atoms with Gasteiger partial charge in [0.25, 0.3) is 12.1 Å². The summed E-state index contributed by atoms with van der Waals surface area (Å²) >= 11 is 0. The van der Waals surface area contributed by atoms with E-state index in [4.69, 9.17) is 0 Å². The number of nitro groups is 1. The predicted octanol–water partition coefficient (Wildman–Crippen LogP) is 0.536. The van der Waals surface area contributed by atoms with Gasteiger partial charge in [0.1, 0.15) is 0 Å². The molecule has 0 saturated heterocycles. The zero-order valence-corrected chi connectivity index (χ0v) is 9.47. The number of hydrogen-bond donors (Lipinski definition) is 0. The lowest BCUT2D eigenvalue weighted by Gasteiger charge is -2.17. The van der Waals surface area contributed by atoms with E-state index in [1.807, 2.05) is 0 Å². The summed E-state index contributed by atoms with van der Waals surface area (Å²) in [7, 11) is 0. The van der Waals surface area contributed by atoms with Gasteiger partial charge in [-0.05, 0) is 6.92 Å². The van der Waals surface area contributed by atoms with E-state index in [9.17, 15) is 19.7 Å². The lowest BCUT2D eigenvalue weighted by Crippen LogP contribution is -2.43. The van der Waals surface area contributed by atoms with Crippen LogP contribution >= 0.6 is 0 Å². The summed E-state index contributed by atoms with van der Waals surface area (Å²) in [5.74, 6) is -1.64. The standard InChI is InChI=1S/C9H15NO6/c1-4-7(10(13)14)8(16-6(3)11)9(12)15-5-2/h7-8H,4-5H2,1-3H3. The molecule has 16 heavy (non-hydrogen) atoms. The predicted molar refractivity (Wildman–Crippen MR) is 53.3 cm³/mol. The molecule has 7 nitrogen and oxygen atoms in total. The lowest BCUT2D eigenvalue weighted by atomic mass is 10.1. The highest BCUT2D eigenvalue weighted by Gasteiger charge is 2.39. The quantitative estimate of drug-likeness (QED) is 0.377. The van der Waals surface area contributed by atoms with Crippen LogP contribution in [0.15, 0.2) is 0 Å². The largest absolute Gasteiger partial charge is 0.463 e. The van der Waals surface area contributed by atoms with Gasteiger partial charge in [-0.2, -0.15) is 0 Å². The second-order valence-corrected chi connectivity index (χ2v) is 3.04. The summed E-state index contributed by atoms with van der Waals surface area (Å²) in [6.07, 6.45) is -1.40. The Bertz CT molecular complexity index is 277. The number of carbonyl (C=O) groups excluding carboxylic acids is 2. The number of carbonyl (C=O) groups is 2. The molecule has 0 aliphatic carbocycles. The molecule has 0 radical (unpaired) electrons. The molecule has 0 aromatic carbocycles. The Labute approximate surface area is 92.9 Å². The topological polar surface area (TPSA) is 95.7 Å². The highest BCUT2D eigenvalue weighted by atomic mass is 16.6. The smallest absolute Gasteiger partial charge is 0.354 e. The molecule has 0 N–H and O–H groups in total. The van der Waals surface area contributed by atoms with E-state index in [2.05, 4.69) is 9.47 Å². The minimum Gasteiger partial charge on any atom is -0.463 e. The van der Waals surface area contributed by atoms with Crippen molar-refractivity contribution in [2.75, 3.05) is 6.61 Å². The molecule has 0 fully saturated rings. The highest BCUT2D eigenvalue weighted by molar-refractivity contribution is 5.79. The fourth-order valence-corrected chi connectivity index (χ4v) is 1.16. The Kier molecular flexibility index (Phi) is 6.06. The fourth-order valence-electron chi connectivity index (χ4n) is 1.16. The van der Waals surface area contributed by atoms with Crippen LogP contribution in [0, 0.1) is 10.1 Å². The summed E-state index contributed by atoms with van der Waals surface area (Å²) in [6, 6.07) is -1.28. The van der Waals surface area contributed by atoms with Gasteiger partial charge in [-0.3, -0.25) is 14.9 Å². The normalized spacial score (nSPS) is 13.7. The van der Waals surface area contributed by atoms with E-state index in [0.717, 1.165) is 6.92 Å². The first-order valence-electron chi connectivity index (χ1n) is 4.91. The molecular weight excluding hydrogens is 218 g/mol. The monoisotopic (exact) mass is 233 g/mol. The van der Waals surface area contributed by atoms with Crippen LogP contribution in [0.2, 0.25) is 0 Å². The van der Waals surface area contributed by atoms with Gasteiger partial charge >= 0.3 is 11.9 Å². The molecule has 0 amide bonds. The Morgan fingerprint density at radius 1 is 1.38 bits per heavy atom. The van der Waals surface area contributed by atoms with Crippen LogP contribution in [0.1, 0.15) is 27.2 Å². The summed E-state index contributed by atoms with van der Waals surface area (Å²) in [6.45, 7) is 4.25. The number of rotatable bonds is 6. The van der Waals surface area contributed by atoms with Gasteiger partial charge in [0.2, 0.25) is 0 Å². The molecule has 0 aromatic heterocycles. The highest BCUT2D eigenvalue weighted by Crippen LogP contribution is 2.10. The molecule has 92 valence electrons. The SMILES string of the molecule is CCOC(=O)C(OC(C)=O)C(CC)[N+](=O)[O-]. The van der Waals surface area contributed by atoms with Crippen molar-refractivity contribution in [3.05, 3.63) is 10.1 Å². The van der Waals surface area contributed by atoms with Crippen molar-refractivity contribution < 1.29 is 24.0 Å². The molecule has 0 aromatic rings. The third kappa shape index (κ3) is 4.24. The maximum Gasteiger partial charge on any atom is 0.354 e. The first kappa shape index (κ1) is 14.3. The van der Waals surface area contributed by atoms with Crippen molar-refractivity contribution in [2.45, 2.75) is 39.3 Å². The van der Waals surface area contributed by atoms with E-state index in [1.165, 1.54) is 6.92 Å². The van der Waals surface area contributed by atoms with Crippen LogP contribution in [-0.4, -0.2) is 35.6 Å². The Morgan fingerprint density at radius 3 is 2.25 bits per heavy atom. The third-order valence-corrected chi connectivity index (χ3v) is 1.85. The zero-order valence-electron chi connectivity index (χ0n) is 9.47. The molecule has 0 spiro atoms. The average molecular weight is 233 g/mol. The summed E-state index contributed by atoms with van der Waals surface area (Å²) in [5, 5.41) is 10.7. The molecule has 0 rings (SSSR count). The third-order valence-electron chi connectivity index (χ3n) is 1.85. The van der Waals surface area contributed by atoms with Crippen molar-refractivity contribution in [1.82, 2.24) is 0 Å². The fraction of sp³-hybridized carbons (Fsp3) is 0.778. The van der Waals surface area contributed by atoms with E-state index >= 15 is 0 Å². The summed E-state index contributed by atoms with van der Waals surface area (Å²) in [5.41, 5.74) is 0. The second kappa shape index (κ2) is 6.76. The molecular formula is C9H15NO6. The molecule has 0 saturated carbocycles. The number of hydrogen-bond acceptors (Lipinski definition) is 6. The average Bonchev–Trinajstić information content (AvgIpc) is 2.16. The van der Waals surface area contributed by atoms with Crippen molar-refractivity contribution in [2.24, 2.45) is 0 Å². The lowest BCUT2D eigenvalue weighted by molar-refractivity contribution is -0.531. The molecule has 2 atom stereocenters. The van der Waals surface area contributed by atoms with Crippen LogP contribution in [0.5, 0.6) is 0 Å². The molecule has 0 bridgehead atoms. The number of nitrogens with zero attached hydrogens (tertiary/aromatic N) is 1. The van der Waals surface area contributed by atoms with Crippen LogP contribution < -0.4 is 0 Å². The van der Waals surface area contributed by atoms with Gasteiger partial charge in [-0.15, -0.1) is 0 Å². The molecule has 0 aliphatic heterocycles. The van der Waals surface area contributed by atoms with Gasteiger partial charge in [-0.25, -0.2) is 4.79 Å². The summed E-state index contributed by atoms with van der Waals surface area (Å²) in [4.78, 5) is 32.2. The van der Waals surface area contributed by atoms with Crippen LogP contribution in [0.25, 0.3) is 0 Å². The maximum atomic E-state index is 11.4. The molecule has 7 heteroatoms. The number of esters is 2. The minimum absolute atomic E-state index is 0.0732. The van der Waals surface area contributed by atoms with E-state index in [0.29, 0.717) is 0 Å². The maximum absolute atomic E-state index is 11.4. The van der Waals surface area contributed by atoms with E-state index in [1.54, 1.807) is 6.92 Å². The van der Waals surface area contributed by atoms with Crippen molar-refractivity contribution >= 4 is 11.9 Å². The van der Waals surface area contributed by atoms with Gasteiger partial charge in [-0.1, -0.05) is 6.92 Å². The Hall–Kier alpha value is -1.66. The van der Waals surface area contributed by atoms with Crippen molar-refractivity contribution in [3.8, 4) is 0 Å². The minimum atomic E-state index is -1.47. The van der Waals surface area contributed by atoms with Gasteiger partial charge in [0, 0.05) is 18.3 Å². The second-order valence-electron chi connectivity index (χ2n) is 3.04. The van der Waals surface area contributed by atoms with Gasteiger partial charge in [0.15, 0.2) is 0 Å². The Balaban J connectivity index is 4.82. The van der Waals surface area contributed by atoms with Crippen LogP contribution in [0.3, 0.4) is 0 Å². The Morgan fingerprint density at radius 2 is 1.94 bits per heavy atom. The van der Waals surface area contributed by atoms with Crippen molar-refractivity contribution in [3.63, 3.8) is 0 Å². The van der Waals surface area contributed by atoms with E-state index in [-0.39, 0.29) is 13.0 Å². The van der Waals surface area contributed by atoms with Crippen molar-refractivity contribution in [1.29, 1.82) is 0 Å². The van der Waals surface area contributed by atoms with Gasteiger partial charge in [0.05, 0.1) is 6.61 Å². The first-order valence-corrected chi connectivity index (χ1v) is 4.91. The summed E-state index contributed by atoms with van der Waals surface area (Å²) < 4.78 is 9.24. The zero-order chi connectivity index (χ0) is 12.7. The van der Waals surface area contributed by atoms with Gasteiger partial charge < -0.3 is 9.47 Å². The van der Waals surface area contributed by atoms with Crippen LogP contribution in [-0.2, 0) is 19.1 Å². The molecule has 2 unspecified atom stereocenters. The first-order chi connectivity index (χ1) is 7.43. The molecule has 0 aliphatic rings. The van der Waals surface area contributed by atoms with E-state index < -0.39 is 29.0 Å².